The number of carbonyl (C=O) groups excluding carboxylic acids is 4. The molecule has 0 aromatic carbocycles. The average Bonchev–Trinajstić information content (AvgIpc) is 3.16. The van der Waals surface area contributed by atoms with Gasteiger partial charge in [-0.3, -0.25) is 19.4 Å². The quantitative estimate of drug-likeness (QED) is 0.388. The molecule has 2 unspecified atom stereocenters. The second kappa shape index (κ2) is 9.87. The van der Waals surface area contributed by atoms with Gasteiger partial charge in [0.15, 0.2) is 0 Å². The Kier molecular flexibility index (Phi) is 7.47. The van der Waals surface area contributed by atoms with Crippen molar-refractivity contribution in [2.24, 2.45) is 10.8 Å². The lowest BCUT2D eigenvalue weighted by atomic mass is 9.62. The Morgan fingerprint density at radius 2 is 1.16 bits per heavy atom. The molecule has 1 aliphatic carbocycles. The van der Waals surface area contributed by atoms with Crippen LogP contribution < -0.4 is 10.6 Å². The van der Waals surface area contributed by atoms with Crippen LogP contribution in [0.1, 0.15) is 121 Å². The number of piperidine rings is 2. The van der Waals surface area contributed by atoms with Crippen LogP contribution in [0.2, 0.25) is 0 Å². The summed E-state index contributed by atoms with van der Waals surface area (Å²) >= 11 is 0. The molecule has 6 amide bonds. The van der Waals surface area contributed by atoms with E-state index >= 15 is 0 Å². The number of nitrogens with one attached hydrogen (secondary N) is 2. The van der Waals surface area contributed by atoms with Gasteiger partial charge in [0.05, 0.1) is 7.11 Å². The fourth-order valence-corrected chi connectivity index (χ4v) is 11.0. The van der Waals surface area contributed by atoms with E-state index in [1.165, 1.54) is 14.9 Å². The third kappa shape index (κ3) is 5.37. The van der Waals surface area contributed by atoms with Gasteiger partial charge < -0.3 is 20.7 Å². The van der Waals surface area contributed by atoms with Crippen molar-refractivity contribution in [3.8, 4) is 0 Å². The predicted molar refractivity (Wildman–Crippen MR) is 168 cm³/mol. The first-order valence-electron chi connectivity index (χ1n) is 16.4. The fourth-order valence-electron chi connectivity index (χ4n) is 11.0. The van der Waals surface area contributed by atoms with Crippen LogP contribution in [0.25, 0.3) is 0 Å². The Morgan fingerprint density at radius 3 is 1.67 bits per heavy atom. The lowest BCUT2D eigenvalue weighted by molar-refractivity contribution is -0.273. The van der Waals surface area contributed by atoms with Crippen LogP contribution in [0, 0.1) is 10.8 Å². The normalized spacial score (nSPS) is 34.8. The summed E-state index contributed by atoms with van der Waals surface area (Å²) in [6, 6.07) is -1.19. The maximum Gasteiger partial charge on any atom is 0.325 e. The van der Waals surface area contributed by atoms with Crippen molar-refractivity contribution < 1.29 is 29.2 Å². The average molecular weight is 633 g/mol. The van der Waals surface area contributed by atoms with Gasteiger partial charge in [-0.05, 0) is 111 Å². The first-order valence-corrected chi connectivity index (χ1v) is 16.4. The van der Waals surface area contributed by atoms with E-state index in [0.717, 1.165) is 6.42 Å². The largest absolute Gasteiger partial charge is 0.325 e. The molecule has 4 saturated heterocycles. The summed E-state index contributed by atoms with van der Waals surface area (Å²) in [4.78, 5) is 64.4. The molecule has 2 atom stereocenters. The molecule has 5 fully saturated rings. The van der Waals surface area contributed by atoms with E-state index in [9.17, 15) is 24.4 Å². The zero-order valence-corrected chi connectivity index (χ0v) is 29.5. The molecule has 254 valence electrons. The van der Waals surface area contributed by atoms with Crippen molar-refractivity contribution >= 4 is 23.9 Å². The number of carbonyl (C=O) groups is 4. The highest BCUT2D eigenvalue weighted by Crippen LogP contribution is 2.52. The first kappa shape index (κ1) is 34.1. The predicted octanol–water partition coefficient (Wildman–Crippen LogP) is 4.41. The van der Waals surface area contributed by atoms with Crippen molar-refractivity contribution in [2.75, 3.05) is 13.7 Å². The number of hydrogen-bond donors (Lipinski definition) is 3. The zero-order chi connectivity index (χ0) is 34.0. The number of imide groups is 2. The van der Waals surface area contributed by atoms with E-state index in [2.05, 4.69) is 31.4 Å². The number of nitrogens with zero attached hydrogens (tertiary/aromatic N) is 4. The Labute approximate surface area is 268 Å². The first-order chi connectivity index (χ1) is 20.2. The monoisotopic (exact) mass is 632 g/mol. The Hall–Kier alpha value is -2.28. The SMILES string of the molecule is CON1C(C)(C)CC2(CC1(C)C)NC(=O)N(C1CC(C)(C)CC(C)(CN3C(=O)NC4(CC(C)(C)N(O)C(C)(C)C4)C3=O)C1)C2=O. The van der Waals surface area contributed by atoms with Crippen LogP contribution in [0.5, 0.6) is 0 Å². The molecule has 1 saturated carbocycles. The lowest BCUT2D eigenvalue weighted by Crippen LogP contribution is -2.69. The summed E-state index contributed by atoms with van der Waals surface area (Å²) in [5.74, 6) is -0.477. The smallest absolute Gasteiger partial charge is 0.323 e. The highest BCUT2D eigenvalue weighted by molar-refractivity contribution is 6.08. The van der Waals surface area contributed by atoms with Crippen molar-refractivity contribution in [3.63, 3.8) is 0 Å². The standard InChI is InChI=1S/C33H56N6O6/c1-26(2)13-21(37-23(41)33(35-25(37)43)18-29(7,8)39(45-12)30(9,10)19-33)14-31(11,15-26)20-36-22(40)32(34-24(36)42)16-27(3,4)38(44)28(5,6)17-32/h21,44H,13-20H2,1-12H3,(H,34,42)(H,35,43). The molecular weight excluding hydrogens is 576 g/mol. The second-order valence-electron chi connectivity index (χ2n) is 18.6. The van der Waals surface area contributed by atoms with E-state index in [1.807, 2.05) is 60.5 Å². The molecule has 0 aromatic rings. The molecule has 3 N–H and O–H groups in total. The molecule has 12 nitrogen and oxygen atoms in total. The summed E-state index contributed by atoms with van der Waals surface area (Å²) in [5, 5.41) is 20.2. The number of urea groups is 2. The van der Waals surface area contributed by atoms with Gasteiger partial charge in [0, 0.05) is 34.7 Å². The summed E-state index contributed by atoms with van der Waals surface area (Å²) < 4.78 is 0. The van der Waals surface area contributed by atoms with Crippen LogP contribution in [0.3, 0.4) is 0 Å². The van der Waals surface area contributed by atoms with Crippen LogP contribution in [-0.4, -0.2) is 102 Å². The molecule has 5 rings (SSSR count). The summed E-state index contributed by atoms with van der Waals surface area (Å²) in [6.07, 6.45) is 3.22. The third-order valence-electron chi connectivity index (χ3n) is 11.1. The van der Waals surface area contributed by atoms with E-state index in [1.54, 1.807) is 7.11 Å². The van der Waals surface area contributed by atoms with Crippen LogP contribution in [-0.2, 0) is 14.4 Å². The Bertz CT molecular complexity index is 1270. The third-order valence-corrected chi connectivity index (χ3v) is 11.1. The number of rotatable bonds is 4. The molecule has 45 heavy (non-hydrogen) atoms. The Morgan fingerprint density at radius 1 is 0.689 bits per heavy atom. The molecule has 4 aliphatic heterocycles. The molecule has 0 aromatic heterocycles. The lowest BCUT2D eigenvalue weighted by Gasteiger charge is -2.56. The van der Waals surface area contributed by atoms with E-state index in [4.69, 9.17) is 4.84 Å². The molecule has 5 aliphatic rings. The number of hydroxylamine groups is 4. The van der Waals surface area contributed by atoms with Gasteiger partial charge in [0.25, 0.3) is 11.8 Å². The van der Waals surface area contributed by atoms with Gasteiger partial charge in [-0.15, -0.1) is 0 Å². The summed E-state index contributed by atoms with van der Waals surface area (Å²) in [5.41, 5.74) is -5.44. The van der Waals surface area contributed by atoms with Gasteiger partial charge in [0.2, 0.25) is 0 Å². The van der Waals surface area contributed by atoms with Gasteiger partial charge in [-0.2, -0.15) is 10.1 Å². The van der Waals surface area contributed by atoms with Gasteiger partial charge in [-0.1, -0.05) is 20.8 Å². The zero-order valence-electron chi connectivity index (χ0n) is 29.5. The van der Waals surface area contributed by atoms with E-state index in [0.29, 0.717) is 25.7 Å². The molecule has 4 heterocycles. The summed E-state index contributed by atoms with van der Waals surface area (Å²) in [6.45, 7) is 22.1. The minimum absolute atomic E-state index is 0.181. The fraction of sp³-hybridized carbons (Fsp3) is 0.879. The molecule has 12 heteroatoms. The van der Waals surface area contributed by atoms with Crippen LogP contribution in [0.4, 0.5) is 9.59 Å². The van der Waals surface area contributed by atoms with Crippen molar-refractivity contribution in [1.82, 2.24) is 30.6 Å². The summed E-state index contributed by atoms with van der Waals surface area (Å²) in [7, 11) is 1.64. The van der Waals surface area contributed by atoms with Crippen molar-refractivity contribution in [3.05, 3.63) is 0 Å². The maximum absolute atomic E-state index is 14.4. The number of amides is 6. The second-order valence-corrected chi connectivity index (χ2v) is 18.6. The molecule has 2 spiro atoms. The van der Waals surface area contributed by atoms with Gasteiger partial charge in [0.1, 0.15) is 11.1 Å². The van der Waals surface area contributed by atoms with Crippen LogP contribution >= 0.6 is 0 Å². The van der Waals surface area contributed by atoms with E-state index < -0.39 is 44.7 Å². The Balaban J connectivity index is 1.40. The topological polar surface area (TPSA) is 135 Å². The number of hydrogen-bond acceptors (Lipinski definition) is 8. The van der Waals surface area contributed by atoms with Crippen molar-refractivity contribution in [1.29, 1.82) is 0 Å². The molecular formula is C33H56N6O6. The van der Waals surface area contributed by atoms with Crippen LogP contribution in [0.15, 0.2) is 0 Å². The van der Waals surface area contributed by atoms with E-state index in [-0.39, 0.29) is 48.7 Å². The molecule has 0 radical (unpaired) electrons. The van der Waals surface area contributed by atoms with Crippen molar-refractivity contribution in [2.45, 2.75) is 160 Å². The maximum atomic E-state index is 14.4. The highest BCUT2D eigenvalue weighted by atomic mass is 16.7. The van der Waals surface area contributed by atoms with Gasteiger partial charge in [-0.25, -0.2) is 9.59 Å². The molecule has 0 bridgehead atoms. The minimum Gasteiger partial charge on any atom is -0.323 e. The highest BCUT2D eigenvalue weighted by Gasteiger charge is 2.65. The minimum atomic E-state index is -1.11. The van der Waals surface area contributed by atoms with Gasteiger partial charge >= 0.3 is 12.1 Å².